The zero-order valence-corrected chi connectivity index (χ0v) is 60.8. The Bertz CT molecular complexity index is 3980. The Morgan fingerprint density at radius 3 is 1.02 bits per heavy atom. The van der Waals surface area contributed by atoms with Gasteiger partial charge in [-0.25, -0.2) is 24.7 Å². The van der Waals surface area contributed by atoms with Crippen molar-refractivity contribution in [1.82, 2.24) is 39.9 Å². The van der Waals surface area contributed by atoms with E-state index in [1.807, 2.05) is 127 Å². The van der Waals surface area contributed by atoms with E-state index in [2.05, 4.69) is 253 Å². The summed E-state index contributed by atoms with van der Waals surface area (Å²) in [5.74, 6) is 5.61. The number of aryl methyl sites for hydroxylation is 8. The fraction of sp³-hybridized carbons (Fsp3) is 0.373. The summed E-state index contributed by atoms with van der Waals surface area (Å²) in [5.41, 5.74) is 14.9. The van der Waals surface area contributed by atoms with Crippen molar-refractivity contribution < 1.29 is 4.79 Å². The largest absolute Gasteiger partial charge is 0.350 e. The molecule has 5 aromatic carbocycles. The number of amides is 2. The number of aromatic nitrogens is 8. The summed E-state index contributed by atoms with van der Waals surface area (Å²) in [7, 11) is 0. The first kappa shape index (κ1) is 74.4. The number of nitrogens with zero attached hydrogens (tertiary/aromatic N) is 8. The lowest BCUT2D eigenvalue weighted by Crippen LogP contribution is -2.27. The van der Waals surface area contributed by atoms with Gasteiger partial charge in [0.2, 0.25) is 23.8 Å². The van der Waals surface area contributed by atoms with Gasteiger partial charge in [-0.15, -0.1) is 0 Å². The molecule has 4 aromatic heterocycles. The molecule has 0 saturated carbocycles. The number of halogens is 1. The van der Waals surface area contributed by atoms with E-state index in [9.17, 15) is 4.79 Å². The molecule has 4 heterocycles. The molecule has 0 atom stereocenters. The van der Waals surface area contributed by atoms with Crippen molar-refractivity contribution in [2.24, 2.45) is 0 Å². The highest BCUT2D eigenvalue weighted by molar-refractivity contribution is 6.32. The van der Waals surface area contributed by atoms with Crippen molar-refractivity contribution in [2.75, 3.05) is 53.2 Å². The van der Waals surface area contributed by atoms with Crippen LogP contribution in [0.3, 0.4) is 0 Å². The molecule has 0 fully saturated rings. The second kappa shape index (κ2) is 32.0. The van der Waals surface area contributed by atoms with Crippen LogP contribution in [0.5, 0.6) is 0 Å². The SMILES string of the molecule is Cc1cc(C)cc(Nc2nc(NC(C)(C)C)ncc2C)c1.Cc1cnc(NC(C)(C)C)nc1Nc1cc(C)c(Cl)c(C)c1.Cc1cnc(NC(C)(C)C)nc1Nc1cccc(C(C)(C)C)c1.Cc1cnc(NC(C)(C)C)nc1Nc1cccc(NC(=O)Nc2ccccc2)c1. The minimum Gasteiger partial charge on any atom is -0.350 e. The minimum absolute atomic E-state index is 0.0630. The Morgan fingerprint density at radius 2 is 0.653 bits per heavy atom. The molecule has 10 N–H and O–H groups in total. The quantitative estimate of drug-likeness (QED) is 0.0487. The number of urea groups is 1. The molecule has 0 aliphatic carbocycles. The Kier molecular flexibility index (Phi) is 25.1. The second-order valence-electron chi connectivity index (χ2n) is 29.1. The van der Waals surface area contributed by atoms with Gasteiger partial charge in [0.1, 0.15) is 23.3 Å². The van der Waals surface area contributed by atoms with Crippen LogP contribution in [0.25, 0.3) is 0 Å². The van der Waals surface area contributed by atoms with Gasteiger partial charge in [-0.1, -0.05) is 74.8 Å². The predicted octanol–water partition coefficient (Wildman–Crippen LogP) is 19.8. The average molecular weight is 1310 g/mol. The van der Waals surface area contributed by atoms with Gasteiger partial charge in [-0.05, 0) is 238 Å². The van der Waals surface area contributed by atoms with E-state index in [1.54, 1.807) is 6.20 Å². The van der Waals surface area contributed by atoms with Gasteiger partial charge in [0, 0.05) is 108 Å². The highest BCUT2D eigenvalue weighted by atomic mass is 35.5. The maximum atomic E-state index is 12.2. The fourth-order valence-corrected chi connectivity index (χ4v) is 9.13. The van der Waals surface area contributed by atoms with Crippen LogP contribution in [0.1, 0.15) is 154 Å². The number of hydrogen-bond donors (Lipinski definition) is 10. The first-order valence-corrected chi connectivity index (χ1v) is 32.3. The fourth-order valence-electron chi connectivity index (χ4n) is 9.02. The molecule has 0 unspecified atom stereocenters. The standard InChI is InChI=1S/C22H26N6O.C19H28N4.C17H23ClN4.C17H24N4/c1-15-14-23-20(28-22(2,3)4)27-19(15)24-17-11-8-12-18(13-17)26-21(29)25-16-9-6-5-7-10-16;1-13-12-20-17(23-19(5,6)7)22-16(13)21-15-10-8-9-14(11-15)18(2,3)4;1-10-7-13(8-11(2)14(10)18)20-15-12(3)9-19-16(21-15)22-17(4,5)6;1-11-7-12(2)9-14(8-11)19-15-13(3)10-18-16(20-15)21-17(4,5)6/h5-14H,1-4H3,(H2,25,26,29)(H2,23,24,27,28);8-12H,1-7H3,(H2,20,21,22,23);7-9H,1-6H3,(H2,19,20,21,22);7-10H,1-6H3,(H2,18,19,20,21). The van der Waals surface area contributed by atoms with E-state index in [-0.39, 0.29) is 33.6 Å². The Balaban J connectivity index is 0.000000202. The molecular weight excluding hydrogens is 1200 g/mol. The van der Waals surface area contributed by atoms with Gasteiger partial charge < -0.3 is 53.2 Å². The smallest absolute Gasteiger partial charge is 0.323 e. The first-order valence-electron chi connectivity index (χ1n) is 32.0. The molecule has 0 bridgehead atoms. The van der Waals surface area contributed by atoms with Gasteiger partial charge in [-0.2, -0.15) is 19.9 Å². The van der Waals surface area contributed by atoms with Gasteiger partial charge in [0.15, 0.2) is 0 Å². The number of anilines is 14. The first-order chi connectivity index (χ1) is 44.2. The lowest BCUT2D eigenvalue weighted by Gasteiger charge is -2.22. The molecule has 2 amide bonds. The Morgan fingerprint density at radius 1 is 0.337 bits per heavy atom. The molecule has 0 spiro atoms. The van der Waals surface area contributed by atoms with Crippen LogP contribution < -0.4 is 53.2 Å². The van der Waals surface area contributed by atoms with E-state index in [0.29, 0.717) is 35.3 Å². The second-order valence-corrected chi connectivity index (χ2v) is 29.4. The molecule has 0 saturated heterocycles. The number of carbonyl (C=O) groups excluding carboxylic acids is 1. The van der Waals surface area contributed by atoms with E-state index in [1.165, 1.54) is 16.7 Å². The Labute approximate surface area is 569 Å². The van der Waals surface area contributed by atoms with Crippen molar-refractivity contribution >= 4 is 98.8 Å². The third kappa shape index (κ3) is 26.0. The van der Waals surface area contributed by atoms with Gasteiger partial charge in [0.05, 0.1) is 0 Å². The molecule has 9 aromatic rings. The lowest BCUT2D eigenvalue weighted by atomic mass is 9.87. The maximum Gasteiger partial charge on any atom is 0.323 e. The molecule has 0 radical (unpaired) electrons. The normalized spacial score (nSPS) is 11.4. The molecule has 20 heteroatoms. The zero-order chi connectivity index (χ0) is 70.2. The number of carbonyl (C=O) groups is 1. The maximum absolute atomic E-state index is 12.2. The molecule has 504 valence electrons. The van der Waals surface area contributed by atoms with Crippen LogP contribution in [0, 0.1) is 55.4 Å². The molecule has 0 aliphatic rings. The lowest BCUT2D eigenvalue weighted by molar-refractivity contribution is 0.262. The Hall–Kier alpha value is -9.62. The monoisotopic (exact) mass is 1300 g/mol. The summed E-state index contributed by atoms with van der Waals surface area (Å²) in [6, 6.07) is 35.4. The number of nitrogens with one attached hydrogen (secondary N) is 10. The van der Waals surface area contributed by atoms with Gasteiger partial charge in [-0.3, -0.25) is 0 Å². The van der Waals surface area contributed by atoms with Crippen molar-refractivity contribution in [3.05, 3.63) is 189 Å². The van der Waals surface area contributed by atoms with Crippen LogP contribution >= 0.6 is 11.6 Å². The summed E-state index contributed by atoms with van der Waals surface area (Å²) in [4.78, 5) is 47.9. The van der Waals surface area contributed by atoms with E-state index >= 15 is 0 Å². The topological polar surface area (TPSA) is 240 Å². The zero-order valence-electron chi connectivity index (χ0n) is 60.1. The van der Waals surface area contributed by atoms with E-state index in [4.69, 9.17) is 11.6 Å². The van der Waals surface area contributed by atoms with Crippen LogP contribution in [0.15, 0.2) is 134 Å². The highest BCUT2D eigenvalue weighted by Gasteiger charge is 2.19. The summed E-state index contributed by atoms with van der Waals surface area (Å²) < 4.78 is 0. The number of hydrogen-bond acceptors (Lipinski definition) is 17. The van der Waals surface area contributed by atoms with Gasteiger partial charge >= 0.3 is 6.03 Å². The summed E-state index contributed by atoms with van der Waals surface area (Å²) >= 11 is 6.22. The summed E-state index contributed by atoms with van der Waals surface area (Å²) in [6.07, 6.45) is 7.28. The number of rotatable bonds is 14. The third-order valence-corrected chi connectivity index (χ3v) is 14.0. The summed E-state index contributed by atoms with van der Waals surface area (Å²) in [5, 5.41) is 33.1. The number of para-hydroxylation sites is 1. The molecular formula is C75H101ClN18O. The van der Waals surface area contributed by atoms with Crippen molar-refractivity contribution in [3.63, 3.8) is 0 Å². The molecule has 95 heavy (non-hydrogen) atoms. The van der Waals surface area contributed by atoms with Crippen molar-refractivity contribution in [2.45, 2.75) is 187 Å². The third-order valence-electron chi connectivity index (χ3n) is 13.4. The minimum atomic E-state index is -0.303. The van der Waals surface area contributed by atoms with Crippen LogP contribution in [0.4, 0.5) is 86.0 Å². The van der Waals surface area contributed by atoms with E-state index in [0.717, 1.165) is 84.3 Å². The number of benzene rings is 5. The molecule has 0 aliphatic heterocycles. The molecule has 9 rings (SSSR count). The van der Waals surface area contributed by atoms with Crippen molar-refractivity contribution in [1.29, 1.82) is 0 Å². The van der Waals surface area contributed by atoms with Crippen LogP contribution in [-0.4, -0.2) is 68.1 Å². The predicted molar refractivity (Wildman–Crippen MR) is 401 cm³/mol. The van der Waals surface area contributed by atoms with Crippen LogP contribution in [0.2, 0.25) is 5.02 Å². The average Bonchev–Trinajstić information content (AvgIpc) is 0.874. The van der Waals surface area contributed by atoms with Crippen LogP contribution in [-0.2, 0) is 5.41 Å². The van der Waals surface area contributed by atoms with Gasteiger partial charge in [0.25, 0.3) is 0 Å². The highest BCUT2D eigenvalue weighted by Crippen LogP contribution is 2.31. The summed E-state index contributed by atoms with van der Waals surface area (Å²) in [6.45, 7) is 47.7. The van der Waals surface area contributed by atoms with E-state index < -0.39 is 0 Å². The van der Waals surface area contributed by atoms with Crippen molar-refractivity contribution in [3.8, 4) is 0 Å². The molecule has 19 nitrogen and oxygen atoms in total.